The fraction of sp³-hybridized carbons (Fsp3) is 0.179. The van der Waals surface area contributed by atoms with Gasteiger partial charge in [0.05, 0.1) is 12.7 Å². The highest BCUT2D eigenvalue weighted by Crippen LogP contribution is 2.43. The lowest BCUT2D eigenvalue weighted by Gasteiger charge is -2.24. The number of anilines is 2. The lowest BCUT2D eigenvalue weighted by atomic mass is 9.82. The predicted octanol–water partition coefficient (Wildman–Crippen LogP) is 7.53. The number of hydrogen-bond donors (Lipinski definition) is 1. The summed E-state index contributed by atoms with van der Waals surface area (Å²) in [5, 5.41) is 2.97. The van der Waals surface area contributed by atoms with Crippen molar-refractivity contribution in [2.75, 3.05) is 10.2 Å². The fourth-order valence-electron chi connectivity index (χ4n) is 5.95. The van der Waals surface area contributed by atoms with Crippen LogP contribution in [0.3, 0.4) is 0 Å². The second-order valence-electron chi connectivity index (χ2n) is 11.9. The number of fused-ring (bicyclic) bond motifs is 1. The first-order valence-electron chi connectivity index (χ1n) is 15.6. The molecule has 2 heterocycles. The normalized spacial score (nSPS) is 16.8. The monoisotopic (exact) mass is 624 g/mol. The van der Waals surface area contributed by atoms with E-state index in [1.54, 1.807) is 12.1 Å². The average Bonchev–Trinajstić information content (AvgIpc) is 3.41. The van der Waals surface area contributed by atoms with E-state index < -0.39 is 23.1 Å². The zero-order valence-electron chi connectivity index (χ0n) is 26.2. The van der Waals surface area contributed by atoms with Gasteiger partial charge in [0.25, 0.3) is 5.56 Å². The third-order valence-electron chi connectivity index (χ3n) is 8.39. The zero-order chi connectivity index (χ0) is 32.6. The lowest BCUT2D eigenvalue weighted by molar-refractivity contribution is -0.119. The van der Waals surface area contributed by atoms with Gasteiger partial charge < -0.3 is 10.1 Å². The molecule has 4 aromatic carbocycles. The maximum absolute atomic E-state index is 14.5. The molecule has 0 unspecified atom stereocenters. The van der Waals surface area contributed by atoms with Crippen LogP contribution in [0.15, 0.2) is 138 Å². The van der Waals surface area contributed by atoms with E-state index in [4.69, 9.17) is 9.72 Å². The van der Waals surface area contributed by atoms with Gasteiger partial charge >= 0.3 is 6.09 Å². The Bertz CT molecular complexity index is 1910. The Kier molecular flexibility index (Phi) is 9.38. The highest BCUT2D eigenvalue weighted by Gasteiger charge is 2.45. The highest BCUT2D eigenvalue weighted by atomic mass is 16.6. The summed E-state index contributed by atoms with van der Waals surface area (Å²) in [6.07, 6.45) is 5.75. The molecule has 0 bridgehead atoms. The van der Waals surface area contributed by atoms with Crippen LogP contribution in [0, 0.1) is 0 Å². The number of carbonyl (C=O) groups is 2. The summed E-state index contributed by atoms with van der Waals surface area (Å²) in [6.45, 7) is 2.15. The molecule has 1 aliphatic rings. The van der Waals surface area contributed by atoms with E-state index in [1.807, 2.05) is 122 Å². The lowest BCUT2D eigenvalue weighted by Crippen LogP contribution is -2.39. The Labute approximate surface area is 274 Å². The van der Waals surface area contributed by atoms with Crippen LogP contribution in [0.1, 0.15) is 48.3 Å². The van der Waals surface area contributed by atoms with Gasteiger partial charge in [-0.05, 0) is 41.7 Å². The minimum atomic E-state index is -0.848. The molecule has 0 saturated carbocycles. The van der Waals surface area contributed by atoms with Crippen LogP contribution in [-0.4, -0.2) is 21.6 Å². The summed E-state index contributed by atoms with van der Waals surface area (Å²) < 4.78 is 7.17. The van der Waals surface area contributed by atoms with Gasteiger partial charge in [-0.15, -0.1) is 0 Å². The van der Waals surface area contributed by atoms with Crippen molar-refractivity contribution in [3.63, 3.8) is 0 Å². The van der Waals surface area contributed by atoms with Crippen LogP contribution in [0.2, 0.25) is 0 Å². The molecular formula is C39H36N4O4. The molecule has 2 atom stereocenters. The number of amides is 2. The molecule has 2 amide bonds. The molecule has 0 saturated heterocycles. The molecule has 6 rings (SSSR count). The summed E-state index contributed by atoms with van der Waals surface area (Å²) in [5.74, 6) is 0.171. The number of carbonyl (C=O) groups excluding carboxylic acids is 2. The highest BCUT2D eigenvalue weighted by molar-refractivity contribution is 5.94. The Morgan fingerprint density at radius 3 is 2.15 bits per heavy atom. The van der Waals surface area contributed by atoms with Gasteiger partial charge in [0.1, 0.15) is 24.2 Å². The molecular weight excluding hydrogens is 588 g/mol. The maximum atomic E-state index is 14.5. The third-order valence-corrected chi connectivity index (χ3v) is 8.39. The Hall–Kier alpha value is -5.76. The van der Waals surface area contributed by atoms with Crippen LogP contribution in [0.4, 0.5) is 16.2 Å². The minimum absolute atomic E-state index is 0.0391. The van der Waals surface area contributed by atoms with Crippen LogP contribution < -0.4 is 15.8 Å². The molecule has 236 valence electrons. The van der Waals surface area contributed by atoms with Gasteiger partial charge in [0.2, 0.25) is 5.91 Å². The Balaban J connectivity index is 1.37. The third kappa shape index (κ3) is 7.23. The molecule has 0 spiro atoms. The van der Waals surface area contributed by atoms with Crippen molar-refractivity contribution in [2.45, 2.75) is 44.4 Å². The van der Waals surface area contributed by atoms with E-state index in [1.165, 1.54) is 15.7 Å². The molecule has 1 aliphatic heterocycles. The first kappa shape index (κ1) is 31.2. The molecule has 0 radical (unpaired) electrons. The smallest absolute Gasteiger partial charge is 0.415 e. The molecule has 0 fully saturated rings. The molecule has 0 aliphatic carbocycles. The first-order valence-corrected chi connectivity index (χ1v) is 15.6. The first-order chi connectivity index (χ1) is 22.9. The van der Waals surface area contributed by atoms with Crippen LogP contribution in [-0.2, 0) is 28.1 Å². The molecule has 1 aromatic heterocycles. The van der Waals surface area contributed by atoms with E-state index in [2.05, 4.69) is 11.4 Å². The second-order valence-corrected chi connectivity index (χ2v) is 11.9. The van der Waals surface area contributed by atoms with Crippen LogP contribution >= 0.6 is 0 Å². The zero-order valence-corrected chi connectivity index (χ0v) is 26.2. The van der Waals surface area contributed by atoms with Gasteiger partial charge in [-0.1, -0.05) is 128 Å². The summed E-state index contributed by atoms with van der Waals surface area (Å²) in [5.41, 5.74) is 2.25. The number of nitrogens with one attached hydrogen (secondary N) is 1. The number of benzene rings is 4. The van der Waals surface area contributed by atoms with E-state index in [9.17, 15) is 14.4 Å². The standard InChI is InChI=1S/C39H36N4O4/c1-39(24-14-21-29-15-6-2-7-16-29)25-33(35(44)41-32-22-12-5-13-23-32)43-36(45)34(26-40-37(39)43)42(27-30-17-8-3-9-18-30)38(46)47-28-31-19-10-4-11-20-31/h2-23,26,33H,24-25,27-28H2,1H3,(H,41,44)/b21-14+/t33-,39+/m0/s1. The summed E-state index contributed by atoms with van der Waals surface area (Å²) >= 11 is 0. The number of rotatable bonds is 10. The number of hydrogen-bond acceptors (Lipinski definition) is 5. The Morgan fingerprint density at radius 2 is 1.49 bits per heavy atom. The van der Waals surface area contributed by atoms with Gasteiger partial charge in [-0.25, -0.2) is 9.78 Å². The number of nitrogens with zero attached hydrogens (tertiary/aromatic N) is 3. The van der Waals surface area contributed by atoms with Gasteiger partial charge in [-0.3, -0.25) is 19.1 Å². The molecule has 5 aromatic rings. The van der Waals surface area contributed by atoms with Crippen molar-refractivity contribution >= 4 is 29.5 Å². The van der Waals surface area contributed by atoms with Crippen molar-refractivity contribution in [2.24, 2.45) is 0 Å². The quantitative estimate of drug-likeness (QED) is 0.173. The SMILES string of the molecule is C[C@@]1(C/C=C/c2ccccc2)C[C@@H](C(=O)Nc2ccccc2)n2c1ncc(N(Cc1ccccc1)C(=O)OCc1ccccc1)c2=O. The molecule has 47 heavy (non-hydrogen) atoms. The molecule has 1 N–H and O–H groups in total. The fourth-order valence-corrected chi connectivity index (χ4v) is 5.95. The number of para-hydroxylation sites is 1. The van der Waals surface area contributed by atoms with Crippen LogP contribution in [0.5, 0.6) is 0 Å². The van der Waals surface area contributed by atoms with E-state index >= 15 is 0 Å². The largest absolute Gasteiger partial charge is 0.444 e. The van der Waals surface area contributed by atoms with Crippen molar-refractivity contribution in [3.8, 4) is 0 Å². The molecule has 8 nitrogen and oxygen atoms in total. The summed E-state index contributed by atoms with van der Waals surface area (Å²) in [7, 11) is 0. The minimum Gasteiger partial charge on any atom is -0.444 e. The van der Waals surface area contributed by atoms with Gasteiger partial charge in [-0.2, -0.15) is 0 Å². The number of allylic oxidation sites excluding steroid dienone is 1. The molecule has 8 heteroatoms. The van der Waals surface area contributed by atoms with E-state index in [0.29, 0.717) is 24.4 Å². The van der Waals surface area contributed by atoms with Crippen molar-refractivity contribution in [3.05, 3.63) is 166 Å². The van der Waals surface area contributed by atoms with Crippen molar-refractivity contribution in [1.82, 2.24) is 9.55 Å². The maximum Gasteiger partial charge on any atom is 0.415 e. The van der Waals surface area contributed by atoms with Crippen molar-refractivity contribution < 1.29 is 14.3 Å². The Morgan fingerprint density at radius 1 is 0.894 bits per heavy atom. The number of ether oxygens (including phenoxy) is 1. The second kappa shape index (κ2) is 14.1. The van der Waals surface area contributed by atoms with Crippen LogP contribution in [0.25, 0.3) is 6.08 Å². The topological polar surface area (TPSA) is 93.5 Å². The van der Waals surface area contributed by atoms with Gasteiger partial charge in [0, 0.05) is 11.1 Å². The van der Waals surface area contributed by atoms with E-state index in [-0.39, 0.29) is 24.7 Å². The van der Waals surface area contributed by atoms with E-state index in [0.717, 1.165) is 16.7 Å². The predicted molar refractivity (Wildman–Crippen MR) is 184 cm³/mol. The van der Waals surface area contributed by atoms with Crippen molar-refractivity contribution in [1.29, 1.82) is 0 Å². The summed E-state index contributed by atoms with van der Waals surface area (Å²) in [6, 6.07) is 37.0. The average molecular weight is 625 g/mol. The number of aromatic nitrogens is 2. The summed E-state index contributed by atoms with van der Waals surface area (Å²) in [4.78, 5) is 48.1. The van der Waals surface area contributed by atoms with Gasteiger partial charge in [0.15, 0.2) is 0 Å².